The highest BCUT2D eigenvalue weighted by Crippen LogP contribution is 2.38. The van der Waals surface area contributed by atoms with E-state index in [1.54, 1.807) is 0 Å². The van der Waals surface area contributed by atoms with Gasteiger partial charge in [0, 0.05) is 24.7 Å². The van der Waals surface area contributed by atoms with Gasteiger partial charge in [-0.1, -0.05) is 6.42 Å². The molecule has 0 aromatic carbocycles. The van der Waals surface area contributed by atoms with Crippen LogP contribution in [0.25, 0.3) is 0 Å². The van der Waals surface area contributed by atoms with Crippen LogP contribution in [0.2, 0.25) is 0 Å². The van der Waals surface area contributed by atoms with Crippen LogP contribution in [-0.4, -0.2) is 44.1 Å². The maximum Gasteiger partial charge on any atom is 0.391 e. The van der Waals surface area contributed by atoms with E-state index >= 15 is 0 Å². The number of morpholine rings is 1. The van der Waals surface area contributed by atoms with Crippen LogP contribution in [0.5, 0.6) is 0 Å². The summed E-state index contributed by atoms with van der Waals surface area (Å²) < 4.78 is 43.8. The standard InChI is InChI=1S/C16H27F3N2O/c17-16(18,19)11-4-6-12(7-5-11)21-14-3-1-2-13(14)15-10-22-9-8-20-15/h11-15,20-21H,1-10H2. The first-order valence-electron chi connectivity index (χ1n) is 8.68. The lowest BCUT2D eigenvalue weighted by Crippen LogP contribution is -2.53. The van der Waals surface area contributed by atoms with E-state index in [1.807, 2.05) is 0 Å². The quantitative estimate of drug-likeness (QED) is 0.839. The molecule has 3 rings (SSSR count). The molecule has 2 saturated carbocycles. The second kappa shape index (κ2) is 7.05. The number of alkyl halides is 3. The van der Waals surface area contributed by atoms with Gasteiger partial charge in [0.15, 0.2) is 0 Å². The van der Waals surface area contributed by atoms with Crippen LogP contribution in [0.3, 0.4) is 0 Å². The van der Waals surface area contributed by atoms with Gasteiger partial charge in [0.2, 0.25) is 0 Å². The lowest BCUT2D eigenvalue weighted by Gasteiger charge is -2.37. The zero-order chi connectivity index (χ0) is 15.6. The lowest BCUT2D eigenvalue weighted by molar-refractivity contribution is -0.182. The molecule has 1 aliphatic heterocycles. The van der Waals surface area contributed by atoms with E-state index in [2.05, 4.69) is 10.6 Å². The van der Waals surface area contributed by atoms with Crippen molar-refractivity contribution in [3.8, 4) is 0 Å². The molecule has 0 amide bonds. The van der Waals surface area contributed by atoms with Crippen molar-refractivity contribution in [2.45, 2.75) is 69.2 Å². The number of hydrogen-bond donors (Lipinski definition) is 2. The number of nitrogens with one attached hydrogen (secondary N) is 2. The Morgan fingerprint density at radius 2 is 1.77 bits per heavy atom. The average Bonchev–Trinajstić information content (AvgIpc) is 2.96. The van der Waals surface area contributed by atoms with E-state index in [9.17, 15) is 13.2 Å². The Labute approximate surface area is 130 Å². The molecular weight excluding hydrogens is 293 g/mol. The van der Waals surface area contributed by atoms with E-state index in [0.29, 0.717) is 30.8 Å². The highest BCUT2D eigenvalue weighted by atomic mass is 19.4. The van der Waals surface area contributed by atoms with Crippen LogP contribution in [0.1, 0.15) is 44.9 Å². The minimum Gasteiger partial charge on any atom is -0.379 e. The molecule has 3 nitrogen and oxygen atoms in total. The van der Waals surface area contributed by atoms with Gasteiger partial charge in [0.1, 0.15) is 0 Å². The number of hydrogen-bond acceptors (Lipinski definition) is 3. The van der Waals surface area contributed by atoms with Crippen LogP contribution >= 0.6 is 0 Å². The summed E-state index contributed by atoms with van der Waals surface area (Å²) in [6, 6.07) is 1.10. The topological polar surface area (TPSA) is 33.3 Å². The molecule has 2 N–H and O–H groups in total. The van der Waals surface area contributed by atoms with Crippen molar-refractivity contribution < 1.29 is 17.9 Å². The van der Waals surface area contributed by atoms with Gasteiger partial charge in [0.05, 0.1) is 19.1 Å². The van der Waals surface area contributed by atoms with E-state index in [1.165, 1.54) is 12.8 Å². The molecule has 3 unspecified atom stereocenters. The van der Waals surface area contributed by atoms with Gasteiger partial charge in [-0.05, 0) is 44.4 Å². The smallest absolute Gasteiger partial charge is 0.379 e. The molecule has 0 aromatic heterocycles. The summed E-state index contributed by atoms with van der Waals surface area (Å²) in [5, 5.41) is 7.22. The Morgan fingerprint density at radius 3 is 2.41 bits per heavy atom. The average molecular weight is 320 g/mol. The molecule has 0 radical (unpaired) electrons. The SMILES string of the molecule is FC(F)(F)C1CCC(NC2CCCC2C2COCCN2)CC1. The van der Waals surface area contributed by atoms with Crippen molar-refractivity contribution in [2.75, 3.05) is 19.8 Å². The Balaban J connectivity index is 1.48. The molecule has 128 valence electrons. The van der Waals surface area contributed by atoms with Crippen LogP contribution in [0, 0.1) is 11.8 Å². The number of halogens is 3. The molecule has 0 bridgehead atoms. The molecule has 3 atom stereocenters. The van der Waals surface area contributed by atoms with E-state index in [-0.39, 0.29) is 18.9 Å². The summed E-state index contributed by atoms with van der Waals surface area (Å²) in [5.41, 5.74) is 0. The third kappa shape index (κ3) is 3.95. The van der Waals surface area contributed by atoms with Gasteiger partial charge < -0.3 is 15.4 Å². The fourth-order valence-corrected chi connectivity index (χ4v) is 4.43. The van der Waals surface area contributed by atoms with Gasteiger partial charge >= 0.3 is 6.18 Å². The number of ether oxygens (including phenoxy) is 1. The third-order valence-corrected chi connectivity index (χ3v) is 5.68. The first-order chi connectivity index (χ1) is 10.5. The largest absolute Gasteiger partial charge is 0.391 e. The minimum absolute atomic E-state index is 0.258. The van der Waals surface area contributed by atoms with Crippen molar-refractivity contribution in [3.05, 3.63) is 0 Å². The molecule has 22 heavy (non-hydrogen) atoms. The van der Waals surface area contributed by atoms with Crippen LogP contribution in [0.4, 0.5) is 13.2 Å². The summed E-state index contributed by atoms with van der Waals surface area (Å²) in [6.07, 6.45) is 1.40. The predicted molar refractivity (Wildman–Crippen MR) is 78.7 cm³/mol. The fourth-order valence-electron chi connectivity index (χ4n) is 4.43. The Hall–Kier alpha value is -0.330. The Kier molecular flexibility index (Phi) is 5.30. The van der Waals surface area contributed by atoms with Crippen molar-refractivity contribution in [1.29, 1.82) is 0 Å². The molecular formula is C16H27F3N2O. The van der Waals surface area contributed by atoms with Crippen molar-refractivity contribution in [3.63, 3.8) is 0 Å². The molecule has 1 saturated heterocycles. The summed E-state index contributed by atoms with van der Waals surface area (Å²) >= 11 is 0. The normalized spacial score (nSPS) is 40.8. The van der Waals surface area contributed by atoms with Gasteiger partial charge in [-0.2, -0.15) is 13.2 Å². The summed E-state index contributed by atoms with van der Waals surface area (Å²) in [4.78, 5) is 0. The molecule has 1 heterocycles. The maximum atomic E-state index is 12.7. The molecule has 0 spiro atoms. The van der Waals surface area contributed by atoms with Crippen molar-refractivity contribution >= 4 is 0 Å². The van der Waals surface area contributed by atoms with Crippen LogP contribution < -0.4 is 10.6 Å². The molecule has 2 aliphatic carbocycles. The zero-order valence-electron chi connectivity index (χ0n) is 13.0. The Bertz CT molecular complexity index is 350. The third-order valence-electron chi connectivity index (χ3n) is 5.68. The lowest BCUT2D eigenvalue weighted by atomic mass is 9.84. The van der Waals surface area contributed by atoms with Gasteiger partial charge in [-0.15, -0.1) is 0 Å². The molecule has 3 fully saturated rings. The summed E-state index contributed by atoms with van der Waals surface area (Å²) in [6.45, 7) is 2.46. The predicted octanol–water partition coefficient (Wildman–Crippen LogP) is 2.85. The molecule has 0 aromatic rings. The second-order valence-corrected chi connectivity index (χ2v) is 7.09. The monoisotopic (exact) mass is 320 g/mol. The van der Waals surface area contributed by atoms with Crippen LogP contribution in [-0.2, 0) is 4.74 Å². The Morgan fingerprint density at radius 1 is 1.00 bits per heavy atom. The minimum atomic E-state index is -4.01. The first kappa shape index (κ1) is 16.5. The van der Waals surface area contributed by atoms with Crippen molar-refractivity contribution in [2.24, 2.45) is 11.8 Å². The van der Waals surface area contributed by atoms with E-state index in [4.69, 9.17) is 4.74 Å². The van der Waals surface area contributed by atoms with E-state index in [0.717, 1.165) is 26.2 Å². The fraction of sp³-hybridized carbons (Fsp3) is 1.00. The van der Waals surface area contributed by atoms with Crippen LogP contribution in [0.15, 0.2) is 0 Å². The van der Waals surface area contributed by atoms with Gasteiger partial charge in [0.25, 0.3) is 0 Å². The molecule has 3 aliphatic rings. The molecule has 6 heteroatoms. The van der Waals surface area contributed by atoms with Gasteiger partial charge in [-0.25, -0.2) is 0 Å². The second-order valence-electron chi connectivity index (χ2n) is 7.09. The van der Waals surface area contributed by atoms with E-state index < -0.39 is 12.1 Å². The maximum absolute atomic E-state index is 12.7. The number of rotatable bonds is 3. The summed E-state index contributed by atoms with van der Waals surface area (Å²) in [5.74, 6) is -0.529. The summed E-state index contributed by atoms with van der Waals surface area (Å²) in [7, 11) is 0. The van der Waals surface area contributed by atoms with Crippen molar-refractivity contribution in [1.82, 2.24) is 10.6 Å². The highest BCUT2D eigenvalue weighted by molar-refractivity contribution is 4.94. The zero-order valence-corrected chi connectivity index (χ0v) is 13.0. The first-order valence-corrected chi connectivity index (χ1v) is 8.68. The van der Waals surface area contributed by atoms with Gasteiger partial charge in [-0.3, -0.25) is 0 Å². The highest BCUT2D eigenvalue weighted by Gasteiger charge is 2.42.